The zero-order chi connectivity index (χ0) is 14.8. The Morgan fingerprint density at radius 1 is 1.35 bits per heavy atom. The number of piperidine rings is 1. The molecule has 2 N–H and O–H groups in total. The van der Waals surface area contributed by atoms with Gasteiger partial charge in [0.1, 0.15) is 0 Å². The average Bonchev–Trinajstić information content (AvgIpc) is 2.84. The fourth-order valence-corrected chi connectivity index (χ4v) is 3.27. The molecule has 1 saturated heterocycles. The van der Waals surface area contributed by atoms with E-state index in [2.05, 4.69) is 10.3 Å². The number of hydrogen-bond donors (Lipinski definition) is 2. The minimum atomic E-state index is -0.308. The monoisotopic (exact) mass is 397 g/mol. The predicted octanol–water partition coefficient (Wildman–Crippen LogP) is 3.86. The highest BCUT2D eigenvalue weighted by Crippen LogP contribution is 2.27. The van der Waals surface area contributed by atoms with Crippen LogP contribution < -0.4 is 5.32 Å². The standard InChI is InChI=1S/C15H17Cl2N3O.2ClH/c16-10-7-11(17)15-13(8-10)19-9-20(15)6-2-3-12-14(21)4-1-5-18-12;;/h2-3,7-9,12,14,18,21H,1,4-6H2;2*1H/b3-2+;;/t12-,14+;;/m1../s1. The van der Waals surface area contributed by atoms with Gasteiger partial charge in [0.15, 0.2) is 0 Å². The molecule has 2 atom stereocenters. The van der Waals surface area contributed by atoms with Gasteiger partial charge in [-0.25, -0.2) is 4.98 Å². The van der Waals surface area contributed by atoms with Crippen molar-refractivity contribution >= 4 is 59.0 Å². The Kier molecular flexibility index (Phi) is 8.14. The van der Waals surface area contributed by atoms with Crippen molar-refractivity contribution in [3.05, 3.63) is 40.7 Å². The highest BCUT2D eigenvalue weighted by Gasteiger charge is 2.19. The zero-order valence-corrected chi connectivity index (χ0v) is 15.4. The molecule has 1 aliphatic heterocycles. The third-order valence-corrected chi connectivity index (χ3v) is 4.25. The van der Waals surface area contributed by atoms with Crippen LogP contribution in [0.5, 0.6) is 0 Å². The van der Waals surface area contributed by atoms with Crippen LogP contribution in [0.25, 0.3) is 11.0 Å². The highest BCUT2D eigenvalue weighted by molar-refractivity contribution is 6.38. The molecule has 0 spiro atoms. The average molecular weight is 399 g/mol. The molecule has 1 aliphatic rings. The fraction of sp³-hybridized carbons (Fsp3) is 0.400. The molecular weight excluding hydrogens is 380 g/mol. The van der Waals surface area contributed by atoms with Gasteiger partial charge >= 0.3 is 0 Å². The van der Waals surface area contributed by atoms with Crippen LogP contribution in [0.3, 0.4) is 0 Å². The van der Waals surface area contributed by atoms with Crippen LogP contribution in [0.1, 0.15) is 12.8 Å². The van der Waals surface area contributed by atoms with Gasteiger partial charge in [-0.15, -0.1) is 24.8 Å². The van der Waals surface area contributed by atoms with Crippen molar-refractivity contribution in [2.24, 2.45) is 0 Å². The SMILES string of the molecule is Cl.Cl.O[C@H]1CCCN[C@@H]1/C=C/Cn1cnc2cc(Cl)cc(Cl)c21. The molecule has 2 aromatic rings. The van der Waals surface area contributed by atoms with E-state index in [1.807, 2.05) is 16.7 Å². The van der Waals surface area contributed by atoms with E-state index in [1.54, 1.807) is 18.5 Å². The molecule has 128 valence electrons. The van der Waals surface area contributed by atoms with Crippen LogP contribution >= 0.6 is 48.0 Å². The van der Waals surface area contributed by atoms with E-state index in [0.717, 1.165) is 30.4 Å². The van der Waals surface area contributed by atoms with Crippen molar-refractivity contribution in [3.63, 3.8) is 0 Å². The lowest BCUT2D eigenvalue weighted by Gasteiger charge is -2.26. The molecule has 0 aliphatic carbocycles. The zero-order valence-electron chi connectivity index (χ0n) is 12.3. The van der Waals surface area contributed by atoms with Crippen molar-refractivity contribution in [1.29, 1.82) is 0 Å². The first kappa shape index (κ1) is 20.6. The molecule has 0 amide bonds. The van der Waals surface area contributed by atoms with Gasteiger partial charge < -0.3 is 15.0 Å². The first-order valence-electron chi connectivity index (χ1n) is 7.03. The van der Waals surface area contributed by atoms with Crippen LogP contribution in [0.4, 0.5) is 0 Å². The van der Waals surface area contributed by atoms with Gasteiger partial charge in [0, 0.05) is 11.6 Å². The second-order valence-corrected chi connectivity index (χ2v) is 6.11. The molecule has 23 heavy (non-hydrogen) atoms. The van der Waals surface area contributed by atoms with Crippen LogP contribution in [-0.2, 0) is 6.54 Å². The van der Waals surface area contributed by atoms with E-state index in [0.29, 0.717) is 16.6 Å². The van der Waals surface area contributed by atoms with Crippen molar-refractivity contribution < 1.29 is 5.11 Å². The Labute approximate surface area is 157 Å². The minimum Gasteiger partial charge on any atom is -0.391 e. The number of hydrogen-bond acceptors (Lipinski definition) is 3. The molecule has 3 rings (SSSR count). The lowest BCUT2D eigenvalue weighted by molar-refractivity contribution is 0.115. The van der Waals surface area contributed by atoms with E-state index in [-0.39, 0.29) is 37.0 Å². The fourth-order valence-electron chi connectivity index (χ4n) is 2.68. The first-order chi connectivity index (χ1) is 10.1. The summed E-state index contributed by atoms with van der Waals surface area (Å²) in [6, 6.07) is 3.55. The molecule has 1 aromatic heterocycles. The Bertz CT molecular complexity index is 674. The van der Waals surface area contributed by atoms with Crippen molar-refractivity contribution in [1.82, 2.24) is 14.9 Å². The summed E-state index contributed by atoms with van der Waals surface area (Å²) in [6.07, 6.45) is 7.35. The molecule has 2 heterocycles. The van der Waals surface area contributed by atoms with Crippen LogP contribution in [0.15, 0.2) is 30.6 Å². The largest absolute Gasteiger partial charge is 0.391 e. The van der Waals surface area contributed by atoms with E-state index in [4.69, 9.17) is 23.2 Å². The first-order valence-corrected chi connectivity index (χ1v) is 7.79. The summed E-state index contributed by atoms with van der Waals surface area (Å²) >= 11 is 12.2. The molecule has 0 bridgehead atoms. The summed E-state index contributed by atoms with van der Waals surface area (Å²) in [7, 11) is 0. The summed E-state index contributed by atoms with van der Waals surface area (Å²) in [5, 5.41) is 14.4. The number of nitrogens with zero attached hydrogens (tertiary/aromatic N) is 2. The summed E-state index contributed by atoms with van der Waals surface area (Å²) in [6.45, 7) is 1.60. The van der Waals surface area contributed by atoms with Crippen LogP contribution in [0, 0.1) is 0 Å². The molecule has 0 unspecified atom stereocenters. The van der Waals surface area contributed by atoms with E-state index in [1.165, 1.54) is 0 Å². The van der Waals surface area contributed by atoms with E-state index >= 15 is 0 Å². The third kappa shape index (κ3) is 4.75. The predicted molar refractivity (Wildman–Crippen MR) is 100 cm³/mol. The number of nitrogens with one attached hydrogen (secondary N) is 1. The number of benzene rings is 1. The second-order valence-electron chi connectivity index (χ2n) is 5.27. The van der Waals surface area contributed by atoms with Gasteiger partial charge in [0.05, 0.1) is 34.5 Å². The molecule has 0 saturated carbocycles. The number of rotatable bonds is 3. The highest BCUT2D eigenvalue weighted by atomic mass is 35.5. The lowest BCUT2D eigenvalue weighted by atomic mass is 10.0. The van der Waals surface area contributed by atoms with Crippen LogP contribution in [0.2, 0.25) is 10.0 Å². The number of halogens is 4. The number of allylic oxidation sites excluding steroid dienone is 1. The molecule has 1 aromatic carbocycles. The summed E-state index contributed by atoms with van der Waals surface area (Å²) in [4.78, 5) is 4.32. The number of fused-ring (bicyclic) bond motifs is 1. The smallest absolute Gasteiger partial charge is 0.0961 e. The maximum absolute atomic E-state index is 9.90. The van der Waals surface area contributed by atoms with Crippen molar-refractivity contribution in [3.8, 4) is 0 Å². The molecule has 1 fully saturated rings. The summed E-state index contributed by atoms with van der Waals surface area (Å²) < 4.78 is 1.97. The van der Waals surface area contributed by atoms with E-state index in [9.17, 15) is 5.11 Å². The van der Waals surface area contributed by atoms with Gasteiger partial charge in [0.2, 0.25) is 0 Å². The maximum Gasteiger partial charge on any atom is 0.0961 e. The molecule has 4 nitrogen and oxygen atoms in total. The lowest BCUT2D eigenvalue weighted by Crippen LogP contribution is -2.43. The Morgan fingerprint density at radius 2 is 2.13 bits per heavy atom. The number of imidazole rings is 1. The number of aliphatic hydroxyl groups excluding tert-OH is 1. The summed E-state index contributed by atoms with van der Waals surface area (Å²) in [5.74, 6) is 0. The maximum atomic E-state index is 9.90. The number of aromatic nitrogens is 2. The normalized spacial score (nSPS) is 21.2. The summed E-state index contributed by atoms with van der Waals surface area (Å²) in [5.41, 5.74) is 1.67. The molecule has 0 radical (unpaired) electrons. The van der Waals surface area contributed by atoms with Gasteiger partial charge in [-0.05, 0) is 31.5 Å². The van der Waals surface area contributed by atoms with E-state index < -0.39 is 0 Å². The Balaban J connectivity index is 0.00000132. The van der Waals surface area contributed by atoms with Gasteiger partial charge in [-0.3, -0.25) is 0 Å². The Hall–Kier alpha value is -0.490. The molecular formula is C15H19Cl4N3O. The van der Waals surface area contributed by atoms with Crippen LogP contribution in [-0.4, -0.2) is 33.3 Å². The van der Waals surface area contributed by atoms with Gasteiger partial charge in [-0.1, -0.05) is 35.4 Å². The Morgan fingerprint density at radius 3 is 2.87 bits per heavy atom. The number of aliphatic hydroxyl groups is 1. The third-order valence-electron chi connectivity index (χ3n) is 3.75. The molecule has 8 heteroatoms. The quantitative estimate of drug-likeness (QED) is 0.771. The minimum absolute atomic E-state index is 0. The van der Waals surface area contributed by atoms with Gasteiger partial charge in [-0.2, -0.15) is 0 Å². The van der Waals surface area contributed by atoms with Crippen molar-refractivity contribution in [2.45, 2.75) is 31.5 Å². The second kappa shape index (κ2) is 9.11. The van der Waals surface area contributed by atoms with Gasteiger partial charge in [0.25, 0.3) is 0 Å². The topological polar surface area (TPSA) is 50.1 Å². The van der Waals surface area contributed by atoms with Crippen molar-refractivity contribution in [2.75, 3.05) is 6.54 Å².